The normalized spacial score (nSPS) is 63.0. The molecule has 0 unspecified atom stereocenters. The minimum Gasteiger partial charge on any atom is -0.394 e. The predicted octanol–water partition coefficient (Wildman–Crippen LogP) is 2.63. The molecule has 0 aromatic rings. The van der Waals surface area contributed by atoms with Crippen LogP contribution in [0.25, 0.3) is 0 Å². The third-order valence-electron chi connectivity index (χ3n) is 9.94. The fourth-order valence-corrected chi connectivity index (χ4v) is 8.39. The third-order valence-corrected chi connectivity index (χ3v) is 9.94. The van der Waals surface area contributed by atoms with Crippen LogP contribution in [0.3, 0.4) is 0 Å². The summed E-state index contributed by atoms with van der Waals surface area (Å²) in [6.45, 7) is 4.89. The van der Waals surface area contributed by atoms with Crippen molar-refractivity contribution >= 4 is 0 Å². The van der Waals surface area contributed by atoms with Crippen molar-refractivity contribution in [1.29, 1.82) is 0 Å². The molecule has 0 aromatic carbocycles. The van der Waals surface area contributed by atoms with Gasteiger partial charge in [0.05, 0.1) is 18.3 Å². The summed E-state index contributed by atoms with van der Waals surface area (Å²) in [5.74, 6) is 1.90. The van der Waals surface area contributed by atoms with E-state index in [-0.39, 0.29) is 35.2 Å². The highest BCUT2D eigenvalue weighted by Gasteiger charge is 2.75. The van der Waals surface area contributed by atoms with Gasteiger partial charge < -0.3 is 20.1 Å². The molecule has 5 fully saturated rings. The molecule has 5 rings (SSSR count). The Morgan fingerprint density at radius 2 is 1.60 bits per heavy atom. The molecule has 0 amide bonds. The molecule has 1 heterocycles. The number of aliphatic hydroxyl groups is 3. The number of epoxide rings is 1. The molecule has 0 radical (unpaired) electrons. The van der Waals surface area contributed by atoms with E-state index in [1.54, 1.807) is 0 Å². The molecule has 3 N–H and O–H groups in total. The van der Waals surface area contributed by atoms with Crippen LogP contribution in [0.2, 0.25) is 0 Å². The molecule has 5 aliphatic rings. The Kier molecular flexibility index (Phi) is 3.40. The summed E-state index contributed by atoms with van der Waals surface area (Å²) in [5.41, 5.74) is -0.594. The van der Waals surface area contributed by atoms with Gasteiger partial charge in [-0.25, -0.2) is 0 Å². The van der Waals surface area contributed by atoms with Gasteiger partial charge in [0.2, 0.25) is 0 Å². The monoisotopic (exact) mass is 350 g/mol. The molecule has 4 heteroatoms. The second-order valence-electron chi connectivity index (χ2n) is 10.4. The van der Waals surface area contributed by atoms with Crippen molar-refractivity contribution in [1.82, 2.24) is 0 Å². The highest BCUT2D eigenvalue weighted by Crippen LogP contribution is 2.73. The fourth-order valence-electron chi connectivity index (χ4n) is 8.39. The Bertz CT molecular complexity index is 580. The van der Waals surface area contributed by atoms with Crippen LogP contribution >= 0.6 is 0 Å². The lowest BCUT2D eigenvalue weighted by Gasteiger charge is -2.63. The number of fused-ring (bicyclic) bond motifs is 6. The first-order chi connectivity index (χ1) is 11.8. The summed E-state index contributed by atoms with van der Waals surface area (Å²) in [6.07, 6.45) is 8.64. The van der Waals surface area contributed by atoms with Gasteiger partial charge >= 0.3 is 0 Å². The second-order valence-corrected chi connectivity index (χ2v) is 10.4. The van der Waals surface area contributed by atoms with Crippen LogP contribution in [0.4, 0.5) is 0 Å². The minimum absolute atomic E-state index is 0.0486. The van der Waals surface area contributed by atoms with Crippen molar-refractivity contribution in [3.8, 4) is 0 Å². The average Bonchev–Trinajstić information content (AvgIpc) is 3.22. The summed E-state index contributed by atoms with van der Waals surface area (Å²) >= 11 is 0. The molecule has 0 aromatic heterocycles. The summed E-state index contributed by atoms with van der Waals surface area (Å²) in [7, 11) is 0. The zero-order valence-corrected chi connectivity index (χ0v) is 15.7. The lowest BCUT2D eigenvalue weighted by atomic mass is 9.43. The van der Waals surface area contributed by atoms with Crippen LogP contribution in [0, 0.1) is 28.6 Å². The molecule has 1 spiro atoms. The Labute approximate surface area is 151 Å². The van der Waals surface area contributed by atoms with Gasteiger partial charge in [-0.1, -0.05) is 13.8 Å². The van der Waals surface area contributed by atoms with Gasteiger partial charge in [-0.3, -0.25) is 0 Å². The summed E-state index contributed by atoms with van der Waals surface area (Å²) in [4.78, 5) is 0. The molecule has 0 bridgehead atoms. The van der Waals surface area contributed by atoms with Crippen LogP contribution in [-0.4, -0.2) is 45.3 Å². The van der Waals surface area contributed by atoms with E-state index in [0.717, 1.165) is 44.9 Å². The SMILES string of the molecule is C[C@]12CC[C@@H]3[C@H](CC[C@@]4(O)C[C@H](O)CC[C@]34C)[C@H]1CC[C@]21O[C@@H]1CO. The second kappa shape index (κ2) is 5.01. The minimum atomic E-state index is -0.681. The lowest BCUT2D eigenvalue weighted by Crippen LogP contribution is -2.63. The molecule has 25 heavy (non-hydrogen) atoms. The van der Waals surface area contributed by atoms with Crippen molar-refractivity contribution in [3.05, 3.63) is 0 Å². The van der Waals surface area contributed by atoms with E-state index in [2.05, 4.69) is 13.8 Å². The highest BCUT2D eigenvalue weighted by atomic mass is 16.6. The molecule has 1 saturated heterocycles. The molecule has 1 aliphatic heterocycles. The van der Waals surface area contributed by atoms with Crippen LogP contribution in [0.5, 0.6) is 0 Å². The average molecular weight is 350 g/mol. The smallest absolute Gasteiger partial charge is 0.111 e. The zero-order valence-electron chi connectivity index (χ0n) is 15.7. The molecule has 4 nitrogen and oxygen atoms in total. The largest absolute Gasteiger partial charge is 0.394 e. The maximum atomic E-state index is 11.4. The van der Waals surface area contributed by atoms with Gasteiger partial charge in [0, 0.05) is 11.8 Å². The Hall–Kier alpha value is -0.160. The quantitative estimate of drug-likeness (QED) is 0.636. The first-order valence-electron chi connectivity index (χ1n) is 10.5. The van der Waals surface area contributed by atoms with Gasteiger partial charge in [-0.15, -0.1) is 0 Å². The van der Waals surface area contributed by atoms with Gasteiger partial charge in [0.25, 0.3) is 0 Å². The molecule has 142 valence electrons. The van der Waals surface area contributed by atoms with Crippen molar-refractivity contribution in [3.63, 3.8) is 0 Å². The van der Waals surface area contributed by atoms with Crippen molar-refractivity contribution < 1.29 is 20.1 Å². The molecular formula is C21H34O4. The van der Waals surface area contributed by atoms with Crippen LogP contribution in [0.1, 0.15) is 71.6 Å². The maximum Gasteiger partial charge on any atom is 0.111 e. The van der Waals surface area contributed by atoms with Crippen molar-refractivity contribution in [2.75, 3.05) is 6.61 Å². The van der Waals surface area contributed by atoms with E-state index in [4.69, 9.17) is 4.74 Å². The Morgan fingerprint density at radius 3 is 2.32 bits per heavy atom. The Balaban J connectivity index is 1.46. The summed E-state index contributed by atoms with van der Waals surface area (Å²) in [6, 6.07) is 0. The Morgan fingerprint density at radius 1 is 0.920 bits per heavy atom. The highest BCUT2D eigenvalue weighted by molar-refractivity contribution is 5.23. The number of rotatable bonds is 1. The van der Waals surface area contributed by atoms with E-state index in [1.807, 2.05) is 0 Å². The van der Waals surface area contributed by atoms with Gasteiger partial charge in [-0.2, -0.15) is 0 Å². The van der Waals surface area contributed by atoms with E-state index in [9.17, 15) is 15.3 Å². The number of aliphatic hydroxyl groups excluding tert-OH is 2. The van der Waals surface area contributed by atoms with E-state index >= 15 is 0 Å². The topological polar surface area (TPSA) is 73.2 Å². The van der Waals surface area contributed by atoms with E-state index < -0.39 is 5.60 Å². The number of hydrogen-bond acceptors (Lipinski definition) is 4. The molecule has 9 atom stereocenters. The van der Waals surface area contributed by atoms with Crippen molar-refractivity contribution in [2.24, 2.45) is 28.6 Å². The predicted molar refractivity (Wildman–Crippen MR) is 93.9 cm³/mol. The molecule has 4 aliphatic carbocycles. The fraction of sp³-hybridized carbons (Fsp3) is 1.00. The first-order valence-corrected chi connectivity index (χ1v) is 10.5. The maximum absolute atomic E-state index is 11.4. The summed E-state index contributed by atoms with van der Waals surface area (Å²) in [5, 5.41) is 31.2. The van der Waals surface area contributed by atoms with Gasteiger partial charge in [0.1, 0.15) is 11.7 Å². The molecular weight excluding hydrogens is 316 g/mol. The van der Waals surface area contributed by atoms with Gasteiger partial charge in [-0.05, 0) is 74.5 Å². The van der Waals surface area contributed by atoms with Crippen LogP contribution < -0.4 is 0 Å². The molecule has 4 saturated carbocycles. The van der Waals surface area contributed by atoms with E-state index in [1.165, 1.54) is 6.42 Å². The van der Waals surface area contributed by atoms with Crippen molar-refractivity contribution in [2.45, 2.75) is 95.0 Å². The first kappa shape index (κ1) is 17.0. The summed E-state index contributed by atoms with van der Waals surface area (Å²) < 4.78 is 6.10. The van der Waals surface area contributed by atoms with Crippen LogP contribution in [0.15, 0.2) is 0 Å². The standard InChI is InChI=1S/C21H34O4/c1-18-7-3-13(23)11-20(18,24)9-4-14-15(18)5-8-19(2)16(14)6-10-21(19)17(12-22)25-21/h13-17,22-24H,3-12H2,1-2H3/t13-,14+,15-,16-,17-,18-,19+,20-,21-/m1/s1. The zero-order chi connectivity index (χ0) is 17.7. The lowest BCUT2D eigenvalue weighted by molar-refractivity contribution is -0.220. The number of ether oxygens (including phenoxy) is 1. The number of hydrogen-bond donors (Lipinski definition) is 3. The van der Waals surface area contributed by atoms with Crippen LogP contribution in [-0.2, 0) is 4.74 Å². The van der Waals surface area contributed by atoms with Gasteiger partial charge in [0.15, 0.2) is 0 Å². The third kappa shape index (κ3) is 1.88. The van der Waals surface area contributed by atoms with E-state index in [0.29, 0.717) is 24.2 Å².